The molecule has 1 aliphatic rings. The number of alkyl halides is 2. The highest BCUT2D eigenvalue weighted by Crippen LogP contribution is 2.34. The summed E-state index contributed by atoms with van der Waals surface area (Å²) in [4.78, 5) is 24.8. The smallest absolute Gasteiger partial charge is 0.328 e. The molecule has 0 radical (unpaired) electrons. The van der Waals surface area contributed by atoms with Crippen LogP contribution in [0.3, 0.4) is 0 Å². The second-order valence-corrected chi connectivity index (χ2v) is 4.61. The summed E-state index contributed by atoms with van der Waals surface area (Å²) >= 11 is 0. The number of nitrogens with one attached hydrogen (secondary N) is 1. The minimum atomic E-state index is -2.72. The molecule has 1 aromatic heterocycles. The molecule has 1 aromatic rings. The number of hydrogen-bond acceptors (Lipinski definition) is 4. The van der Waals surface area contributed by atoms with E-state index in [0.29, 0.717) is 5.56 Å². The van der Waals surface area contributed by atoms with Crippen LogP contribution >= 0.6 is 0 Å². The van der Waals surface area contributed by atoms with E-state index in [1.54, 1.807) is 0 Å². The van der Waals surface area contributed by atoms with Crippen LogP contribution < -0.4 is 11.2 Å². The number of halogens is 2. The number of aliphatic hydroxyl groups is 1. The maximum atomic E-state index is 13.6. The van der Waals surface area contributed by atoms with Crippen molar-refractivity contribution in [1.29, 1.82) is 0 Å². The average Bonchev–Trinajstić information content (AvgIpc) is 2.62. The molecule has 0 amide bonds. The largest absolute Gasteiger partial charge is 0.390 e. The maximum Gasteiger partial charge on any atom is 0.328 e. The van der Waals surface area contributed by atoms with Crippen LogP contribution in [0.5, 0.6) is 0 Å². The molecular formula is C11H14F2N2O4. The zero-order valence-corrected chi connectivity index (χ0v) is 10.2. The number of ether oxygens (including phenoxy) is 1. The summed E-state index contributed by atoms with van der Waals surface area (Å²) in [6, 6.07) is 0. The van der Waals surface area contributed by atoms with Crippen LogP contribution in [0, 0.1) is 6.92 Å². The highest BCUT2D eigenvalue weighted by molar-refractivity contribution is 5.01. The van der Waals surface area contributed by atoms with Gasteiger partial charge in [0.25, 0.3) is 11.4 Å². The molecule has 6 nitrogen and oxygen atoms in total. The van der Waals surface area contributed by atoms with Gasteiger partial charge in [0, 0.05) is 18.2 Å². The van der Waals surface area contributed by atoms with Crippen LogP contribution in [-0.4, -0.2) is 39.4 Å². The van der Waals surface area contributed by atoms with Gasteiger partial charge in [0.05, 0.1) is 12.6 Å². The van der Waals surface area contributed by atoms with Gasteiger partial charge in [-0.05, 0) is 6.92 Å². The molecular weight excluding hydrogens is 262 g/mol. The first-order valence-electron chi connectivity index (χ1n) is 5.78. The summed E-state index contributed by atoms with van der Waals surface area (Å²) in [6.07, 6.45) is -1.78. The van der Waals surface area contributed by atoms with Crippen molar-refractivity contribution < 1.29 is 18.6 Å². The highest BCUT2D eigenvalue weighted by Gasteiger charge is 2.49. The molecule has 0 spiro atoms. The number of aliphatic hydroxyl groups excluding tert-OH is 1. The number of aromatic nitrogens is 2. The van der Waals surface area contributed by atoms with E-state index in [-0.39, 0.29) is 13.0 Å². The van der Waals surface area contributed by atoms with Crippen LogP contribution in [0.25, 0.3) is 0 Å². The van der Waals surface area contributed by atoms with Crippen LogP contribution in [0.15, 0.2) is 15.8 Å². The number of hydrogen-bond donors (Lipinski definition) is 2. The van der Waals surface area contributed by atoms with E-state index in [1.165, 1.54) is 13.1 Å². The number of nitrogens with zero attached hydrogens (tertiary/aromatic N) is 1. The highest BCUT2D eigenvalue weighted by atomic mass is 19.2. The van der Waals surface area contributed by atoms with Crippen molar-refractivity contribution >= 4 is 0 Å². The lowest BCUT2D eigenvalue weighted by Gasteiger charge is -2.19. The van der Waals surface area contributed by atoms with E-state index in [1.807, 2.05) is 0 Å². The molecule has 0 aromatic carbocycles. The van der Waals surface area contributed by atoms with Gasteiger partial charge in [0.15, 0.2) is 6.17 Å². The molecule has 1 fully saturated rings. The quantitative estimate of drug-likeness (QED) is 0.789. The summed E-state index contributed by atoms with van der Waals surface area (Å²) in [5.41, 5.74) is -0.870. The molecule has 1 saturated heterocycles. The lowest BCUT2D eigenvalue weighted by Crippen LogP contribution is -2.37. The van der Waals surface area contributed by atoms with Crippen molar-refractivity contribution in [3.8, 4) is 0 Å². The molecule has 2 N–H and O–H groups in total. The first-order valence-corrected chi connectivity index (χ1v) is 5.78. The number of aromatic amines is 1. The molecule has 0 bridgehead atoms. The normalized spacial score (nSPS) is 30.7. The molecule has 1 aliphatic heterocycles. The molecule has 0 saturated carbocycles. The summed E-state index contributed by atoms with van der Waals surface area (Å²) in [6.45, 7) is 0.335. The van der Waals surface area contributed by atoms with Gasteiger partial charge >= 0.3 is 5.69 Å². The topological polar surface area (TPSA) is 84.3 Å². The summed E-state index contributed by atoms with van der Waals surface area (Å²) in [7, 11) is 0. The Morgan fingerprint density at radius 3 is 2.89 bits per heavy atom. The Morgan fingerprint density at radius 1 is 1.63 bits per heavy atom. The molecule has 106 valence electrons. The molecule has 8 heteroatoms. The maximum absolute atomic E-state index is 13.6. The fourth-order valence-corrected chi connectivity index (χ4v) is 2.03. The monoisotopic (exact) mass is 276 g/mol. The lowest BCUT2D eigenvalue weighted by atomic mass is 10.1. The van der Waals surface area contributed by atoms with E-state index in [9.17, 15) is 18.4 Å². The van der Waals surface area contributed by atoms with Gasteiger partial charge in [-0.3, -0.25) is 14.3 Å². The lowest BCUT2D eigenvalue weighted by molar-refractivity contribution is -0.183. The summed E-state index contributed by atoms with van der Waals surface area (Å²) < 4.78 is 32.9. The van der Waals surface area contributed by atoms with Crippen molar-refractivity contribution in [2.75, 3.05) is 6.61 Å². The first kappa shape index (κ1) is 13.9. The van der Waals surface area contributed by atoms with Gasteiger partial charge in [-0.25, -0.2) is 13.6 Å². The Balaban J connectivity index is 2.18. The van der Waals surface area contributed by atoms with Gasteiger partial charge in [-0.15, -0.1) is 0 Å². The molecule has 3 atom stereocenters. The van der Waals surface area contributed by atoms with Crippen molar-refractivity contribution in [3.05, 3.63) is 32.6 Å². The van der Waals surface area contributed by atoms with E-state index < -0.39 is 36.0 Å². The fraction of sp³-hybridized carbons (Fsp3) is 0.636. The molecule has 2 rings (SSSR count). The molecule has 19 heavy (non-hydrogen) atoms. The van der Waals surface area contributed by atoms with Gasteiger partial charge in [-0.1, -0.05) is 0 Å². The Kier molecular flexibility index (Phi) is 3.55. The number of aryl methyl sites for hydroxylation is 1. The van der Waals surface area contributed by atoms with Gasteiger partial charge < -0.3 is 9.84 Å². The SMILES string of the molecule is Cc1cn(C[C@H]2C[C@H](F)[C@@](F)(CO)O2)c(=O)[nH]c1=O. The Bertz CT molecular complexity index is 585. The number of H-pyrrole nitrogens is 1. The van der Waals surface area contributed by atoms with Gasteiger partial charge in [-0.2, -0.15) is 0 Å². The van der Waals surface area contributed by atoms with Crippen LogP contribution in [-0.2, 0) is 11.3 Å². The molecule has 0 aliphatic carbocycles. The number of rotatable bonds is 3. The van der Waals surface area contributed by atoms with Crippen LogP contribution in [0.2, 0.25) is 0 Å². The van der Waals surface area contributed by atoms with E-state index in [0.717, 1.165) is 4.57 Å². The minimum absolute atomic E-state index is 0.0947. The standard InChI is InChI=1S/C11H14F2N2O4/c1-6-3-15(10(18)14-9(6)17)4-7-2-8(12)11(13,5-16)19-7/h3,7-8,16H,2,4-5H2,1H3,(H,14,17,18)/t7-,8+,11-/m1/s1. The third-order valence-corrected chi connectivity index (χ3v) is 3.11. The summed E-state index contributed by atoms with van der Waals surface area (Å²) in [5, 5.41) is 8.76. The van der Waals surface area contributed by atoms with Crippen LogP contribution in [0.1, 0.15) is 12.0 Å². The van der Waals surface area contributed by atoms with Gasteiger partial charge in [0.1, 0.15) is 6.61 Å². The van der Waals surface area contributed by atoms with Crippen molar-refractivity contribution in [1.82, 2.24) is 9.55 Å². The summed E-state index contributed by atoms with van der Waals surface area (Å²) in [5.74, 6) is -2.72. The van der Waals surface area contributed by atoms with Crippen molar-refractivity contribution in [3.63, 3.8) is 0 Å². The predicted octanol–water partition coefficient (Wildman–Crippen LogP) is -0.370. The van der Waals surface area contributed by atoms with Crippen molar-refractivity contribution in [2.24, 2.45) is 0 Å². The second kappa shape index (κ2) is 4.86. The average molecular weight is 276 g/mol. The van der Waals surface area contributed by atoms with E-state index >= 15 is 0 Å². The van der Waals surface area contributed by atoms with Gasteiger partial charge in [0.2, 0.25) is 0 Å². The molecule has 2 heterocycles. The zero-order valence-electron chi connectivity index (χ0n) is 10.2. The van der Waals surface area contributed by atoms with E-state index in [4.69, 9.17) is 9.84 Å². The molecule has 0 unspecified atom stereocenters. The zero-order chi connectivity index (χ0) is 14.2. The first-order chi connectivity index (χ1) is 8.85. The minimum Gasteiger partial charge on any atom is -0.390 e. The van der Waals surface area contributed by atoms with Crippen LogP contribution in [0.4, 0.5) is 8.78 Å². The second-order valence-electron chi connectivity index (χ2n) is 4.61. The Hall–Kier alpha value is -1.54. The predicted molar refractivity (Wildman–Crippen MR) is 61.4 cm³/mol. The Labute approximate surface area is 106 Å². The fourth-order valence-electron chi connectivity index (χ4n) is 2.03. The Morgan fingerprint density at radius 2 is 2.32 bits per heavy atom. The van der Waals surface area contributed by atoms with E-state index in [2.05, 4.69) is 4.98 Å². The van der Waals surface area contributed by atoms with Crippen molar-refractivity contribution in [2.45, 2.75) is 38.0 Å². The third kappa shape index (κ3) is 2.59. The third-order valence-electron chi connectivity index (χ3n) is 3.11.